The number of halogens is 1. The minimum absolute atomic E-state index is 0.230. The molecule has 0 atom stereocenters. The Balaban J connectivity index is 2.26. The second-order valence-corrected chi connectivity index (χ2v) is 4.38. The van der Waals surface area contributed by atoms with Crippen molar-refractivity contribution < 1.29 is 24.2 Å². The van der Waals surface area contributed by atoms with Gasteiger partial charge >= 0.3 is 5.97 Å². The quantitative estimate of drug-likeness (QED) is 0.447. The highest BCUT2D eigenvalue weighted by molar-refractivity contribution is 6.38. The number of benzene rings is 1. The molecule has 0 aliphatic heterocycles. The van der Waals surface area contributed by atoms with Gasteiger partial charge in [0.25, 0.3) is 5.78 Å². The number of ketones is 1. The molecule has 3 N–H and O–H groups in total. The molecule has 2 aromatic rings. The Hall–Kier alpha value is -2.89. The third kappa shape index (κ3) is 3.56. The topological polar surface area (TPSA) is 90.4 Å². The van der Waals surface area contributed by atoms with Gasteiger partial charge in [-0.3, -0.25) is 4.79 Å². The van der Waals surface area contributed by atoms with E-state index in [1.54, 1.807) is 24.4 Å². The van der Waals surface area contributed by atoms with Gasteiger partial charge in [0, 0.05) is 12.3 Å². The smallest absolute Gasteiger partial charge is 0.376 e. The summed E-state index contributed by atoms with van der Waals surface area (Å²) in [6, 6.07) is 7.64. The van der Waals surface area contributed by atoms with Gasteiger partial charge in [0.15, 0.2) is 0 Å². The number of aromatic nitrogens is 1. The van der Waals surface area contributed by atoms with Gasteiger partial charge in [0.2, 0.25) is 0 Å². The number of carbonyl (C=O) groups excluding carboxylic acids is 1. The fourth-order valence-corrected chi connectivity index (χ4v) is 1.91. The lowest BCUT2D eigenvalue weighted by Gasteiger charge is -2.04. The Labute approximate surface area is 119 Å². The summed E-state index contributed by atoms with van der Waals surface area (Å²) < 4.78 is 13.1. The summed E-state index contributed by atoms with van der Waals surface area (Å²) in [4.78, 5) is 24.3. The van der Waals surface area contributed by atoms with E-state index in [1.165, 1.54) is 12.1 Å². The number of aromatic amines is 1. The number of aliphatic hydroxyl groups is 1. The number of carboxylic acid groups (broad SMARTS) is 1. The first-order valence-electron chi connectivity index (χ1n) is 6.06. The highest BCUT2D eigenvalue weighted by Gasteiger charge is 2.14. The summed E-state index contributed by atoms with van der Waals surface area (Å²) in [6.45, 7) is 0. The molecule has 0 unspecified atom stereocenters. The zero-order valence-corrected chi connectivity index (χ0v) is 10.8. The van der Waals surface area contributed by atoms with Crippen molar-refractivity contribution in [1.82, 2.24) is 4.98 Å². The lowest BCUT2D eigenvalue weighted by atomic mass is 10.0. The van der Waals surface area contributed by atoms with E-state index in [-0.39, 0.29) is 11.5 Å². The summed E-state index contributed by atoms with van der Waals surface area (Å²) in [5.41, 5.74) is 1.54. The van der Waals surface area contributed by atoms with Gasteiger partial charge in [-0.05, 0) is 35.7 Å². The summed E-state index contributed by atoms with van der Waals surface area (Å²) in [5.74, 6) is -3.72. The molecule has 0 bridgehead atoms. The minimum Gasteiger partial charge on any atom is -0.506 e. The lowest BCUT2D eigenvalue weighted by Crippen LogP contribution is -2.09. The fraction of sp³-hybridized carbons (Fsp3) is 0.0667. The number of nitrogens with one attached hydrogen (secondary N) is 1. The number of H-pyrrole nitrogens is 1. The first-order valence-corrected chi connectivity index (χ1v) is 6.06. The van der Waals surface area contributed by atoms with Gasteiger partial charge in [-0.1, -0.05) is 12.1 Å². The van der Waals surface area contributed by atoms with Gasteiger partial charge in [0.1, 0.15) is 11.6 Å². The van der Waals surface area contributed by atoms with E-state index < -0.39 is 17.5 Å². The van der Waals surface area contributed by atoms with Crippen LogP contribution in [0.15, 0.2) is 42.6 Å². The van der Waals surface area contributed by atoms with Gasteiger partial charge < -0.3 is 15.2 Å². The standard InChI is InChI=1S/C15H12FNO4/c16-11-3-1-2-9(7-11)6-10-4-5-17-14(10)12(18)8-13(19)15(20)21/h1-5,7-8,17-18H,6H2,(H,20,21). The van der Waals surface area contributed by atoms with Crippen molar-refractivity contribution in [3.63, 3.8) is 0 Å². The Morgan fingerprint density at radius 3 is 2.67 bits per heavy atom. The van der Waals surface area contributed by atoms with Crippen LogP contribution in [0.25, 0.3) is 5.76 Å². The highest BCUT2D eigenvalue weighted by Crippen LogP contribution is 2.19. The van der Waals surface area contributed by atoms with Crippen LogP contribution in [0.1, 0.15) is 16.8 Å². The molecule has 108 valence electrons. The molecule has 0 saturated carbocycles. The van der Waals surface area contributed by atoms with Crippen molar-refractivity contribution in [2.24, 2.45) is 0 Å². The van der Waals surface area contributed by atoms with Crippen LogP contribution >= 0.6 is 0 Å². The van der Waals surface area contributed by atoms with Crippen molar-refractivity contribution in [1.29, 1.82) is 0 Å². The molecule has 1 aromatic heterocycles. The van der Waals surface area contributed by atoms with Gasteiger partial charge in [-0.25, -0.2) is 9.18 Å². The van der Waals surface area contributed by atoms with E-state index in [2.05, 4.69) is 4.98 Å². The zero-order chi connectivity index (χ0) is 15.4. The third-order valence-electron chi connectivity index (χ3n) is 2.85. The van der Waals surface area contributed by atoms with Gasteiger partial charge in [-0.15, -0.1) is 0 Å². The normalized spacial score (nSPS) is 11.4. The average molecular weight is 289 g/mol. The number of carboxylic acids is 1. The summed E-state index contributed by atoms with van der Waals surface area (Å²) in [6.07, 6.45) is 2.50. The first kappa shape index (κ1) is 14.5. The summed E-state index contributed by atoms with van der Waals surface area (Å²) >= 11 is 0. The number of hydrogen-bond donors (Lipinski definition) is 3. The van der Waals surface area contributed by atoms with Crippen molar-refractivity contribution in [2.75, 3.05) is 0 Å². The molecule has 0 aliphatic rings. The molecule has 1 heterocycles. The van der Waals surface area contributed by atoms with Crippen LogP contribution in [0.3, 0.4) is 0 Å². The maximum Gasteiger partial charge on any atom is 0.376 e. The van der Waals surface area contributed by atoms with Crippen molar-refractivity contribution in [3.05, 3.63) is 65.2 Å². The SMILES string of the molecule is O=C(O)C(=O)C=C(O)c1[nH]ccc1Cc1cccc(F)c1. The van der Waals surface area contributed by atoms with Crippen LogP contribution in [0.5, 0.6) is 0 Å². The van der Waals surface area contributed by atoms with Crippen LogP contribution in [0.4, 0.5) is 4.39 Å². The van der Waals surface area contributed by atoms with Crippen LogP contribution < -0.4 is 0 Å². The molecular formula is C15H12FNO4. The Kier molecular flexibility index (Phi) is 4.18. The second kappa shape index (κ2) is 6.04. The molecule has 1 aromatic carbocycles. The largest absolute Gasteiger partial charge is 0.506 e. The maximum absolute atomic E-state index is 13.1. The van der Waals surface area contributed by atoms with E-state index >= 15 is 0 Å². The zero-order valence-electron chi connectivity index (χ0n) is 10.8. The fourth-order valence-electron chi connectivity index (χ4n) is 1.91. The van der Waals surface area contributed by atoms with Crippen molar-refractivity contribution in [2.45, 2.75) is 6.42 Å². The molecule has 0 amide bonds. The second-order valence-electron chi connectivity index (χ2n) is 4.38. The van der Waals surface area contributed by atoms with Gasteiger partial charge in [0.05, 0.1) is 5.69 Å². The van der Waals surface area contributed by atoms with Crippen LogP contribution in [-0.4, -0.2) is 26.9 Å². The molecule has 2 rings (SSSR count). The lowest BCUT2D eigenvalue weighted by molar-refractivity contribution is -0.146. The van der Waals surface area contributed by atoms with E-state index in [4.69, 9.17) is 5.11 Å². The van der Waals surface area contributed by atoms with Crippen molar-refractivity contribution in [3.8, 4) is 0 Å². The average Bonchev–Trinajstić information content (AvgIpc) is 2.86. The molecule has 0 saturated heterocycles. The first-order chi connectivity index (χ1) is 9.97. The number of rotatable bonds is 5. The van der Waals surface area contributed by atoms with Gasteiger partial charge in [-0.2, -0.15) is 0 Å². The Morgan fingerprint density at radius 2 is 2.00 bits per heavy atom. The van der Waals surface area contributed by atoms with Crippen molar-refractivity contribution >= 4 is 17.5 Å². The van der Waals surface area contributed by atoms with E-state index in [0.717, 1.165) is 0 Å². The summed E-state index contributed by atoms with van der Waals surface area (Å²) in [5, 5.41) is 18.3. The van der Waals surface area contributed by atoms with Crippen LogP contribution in [0, 0.1) is 5.82 Å². The molecule has 0 spiro atoms. The predicted octanol–water partition coefficient (Wildman–Crippen LogP) is 2.30. The van der Waals surface area contributed by atoms with Crippen LogP contribution in [-0.2, 0) is 16.0 Å². The van der Waals surface area contributed by atoms with E-state index in [0.29, 0.717) is 23.6 Å². The van der Waals surface area contributed by atoms with E-state index in [1.807, 2.05) is 0 Å². The van der Waals surface area contributed by atoms with E-state index in [9.17, 15) is 19.1 Å². The molecule has 5 nitrogen and oxygen atoms in total. The number of carbonyl (C=O) groups is 2. The third-order valence-corrected chi connectivity index (χ3v) is 2.85. The highest BCUT2D eigenvalue weighted by atomic mass is 19.1. The monoisotopic (exact) mass is 289 g/mol. The maximum atomic E-state index is 13.1. The summed E-state index contributed by atoms with van der Waals surface area (Å²) in [7, 11) is 0. The molecule has 0 fully saturated rings. The Bertz CT molecular complexity index is 718. The minimum atomic E-state index is -1.65. The Morgan fingerprint density at radius 1 is 1.24 bits per heavy atom. The number of aliphatic carboxylic acids is 1. The molecule has 0 aliphatic carbocycles. The molecule has 21 heavy (non-hydrogen) atoms. The molecule has 6 heteroatoms. The predicted molar refractivity (Wildman–Crippen MR) is 73.2 cm³/mol. The molecular weight excluding hydrogens is 277 g/mol. The number of hydrogen-bond acceptors (Lipinski definition) is 3. The molecule has 0 radical (unpaired) electrons. The number of aliphatic hydroxyl groups excluding tert-OH is 1. The van der Waals surface area contributed by atoms with Crippen LogP contribution in [0.2, 0.25) is 0 Å².